The van der Waals surface area contributed by atoms with Crippen LogP contribution >= 0.6 is 0 Å². The van der Waals surface area contributed by atoms with Gasteiger partial charge in [-0.3, -0.25) is 19.1 Å². The first-order valence-corrected chi connectivity index (χ1v) is 13.1. The van der Waals surface area contributed by atoms with Gasteiger partial charge >= 0.3 is 18.4 Å². The van der Waals surface area contributed by atoms with E-state index in [2.05, 4.69) is 20.3 Å². The average Bonchev–Trinajstić information content (AvgIpc) is 3.72. The van der Waals surface area contributed by atoms with Crippen molar-refractivity contribution in [1.29, 1.82) is 0 Å². The summed E-state index contributed by atoms with van der Waals surface area (Å²) in [5.41, 5.74) is 1.45. The van der Waals surface area contributed by atoms with Crippen LogP contribution in [0.2, 0.25) is 0 Å². The van der Waals surface area contributed by atoms with Crippen molar-refractivity contribution < 1.29 is 35.2 Å². The Morgan fingerprint density at radius 2 is 1.93 bits per heavy atom. The first-order valence-electron chi connectivity index (χ1n) is 13.1. The van der Waals surface area contributed by atoms with Crippen LogP contribution in [-0.4, -0.2) is 60.2 Å². The van der Waals surface area contributed by atoms with Crippen molar-refractivity contribution in [2.75, 3.05) is 19.6 Å². The quantitative estimate of drug-likeness (QED) is 0.176. The van der Waals surface area contributed by atoms with Crippen molar-refractivity contribution in [2.24, 2.45) is 0 Å². The molecule has 4 aromatic heterocycles. The Hall–Kier alpha value is -4.47. The van der Waals surface area contributed by atoms with Gasteiger partial charge in [-0.2, -0.15) is 27.1 Å². The molecule has 5 heterocycles. The zero-order valence-corrected chi connectivity index (χ0v) is 22.6. The van der Waals surface area contributed by atoms with E-state index in [4.69, 9.17) is 8.83 Å². The average molecular weight is 610 g/mol. The second-order valence-electron chi connectivity index (χ2n) is 9.82. The summed E-state index contributed by atoms with van der Waals surface area (Å²) in [5, 5.41) is 11.1. The fourth-order valence-corrected chi connectivity index (χ4v) is 4.78. The smallest absolute Gasteiger partial charge is 0.416 e. The standard InChI is InChI=1S/C27H25F6N7O3/c1-2-21(17-11-35-40(12-17)19-5-7-38(8-6-19)15-27(31,32)33)22(28)9-20-14-42-26(41)39(20)13-18-4-3-16(10-34-18)24-36-37-25(43-24)23(29)30/h2-4,9-12,14,19,23H,5-8,13,15H2,1H3/b21-2-,22-9+. The van der Waals surface area contributed by atoms with Crippen molar-refractivity contribution in [3.63, 3.8) is 0 Å². The molecule has 0 saturated carbocycles. The van der Waals surface area contributed by atoms with Crippen molar-refractivity contribution >= 4 is 11.6 Å². The van der Waals surface area contributed by atoms with Gasteiger partial charge in [0.05, 0.1) is 42.3 Å². The van der Waals surface area contributed by atoms with Crippen LogP contribution < -0.4 is 5.76 Å². The summed E-state index contributed by atoms with van der Waals surface area (Å²) >= 11 is 0. The molecule has 0 N–H and O–H groups in total. The van der Waals surface area contributed by atoms with Gasteiger partial charge in [0.15, 0.2) is 0 Å². The van der Waals surface area contributed by atoms with Crippen LogP contribution in [0.3, 0.4) is 0 Å². The number of likely N-dealkylation sites (tertiary alicyclic amines) is 1. The molecule has 228 valence electrons. The van der Waals surface area contributed by atoms with Gasteiger partial charge in [-0.25, -0.2) is 9.18 Å². The number of hydrogen-bond acceptors (Lipinski definition) is 8. The predicted octanol–water partition coefficient (Wildman–Crippen LogP) is 5.68. The third-order valence-corrected chi connectivity index (χ3v) is 6.90. The minimum absolute atomic E-state index is 0.0863. The monoisotopic (exact) mass is 609 g/mol. The van der Waals surface area contributed by atoms with E-state index in [9.17, 15) is 26.7 Å². The van der Waals surface area contributed by atoms with Crippen molar-refractivity contribution in [1.82, 2.24) is 34.4 Å². The molecule has 10 nitrogen and oxygen atoms in total. The van der Waals surface area contributed by atoms with Gasteiger partial charge in [-0.05, 0) is 31.9 Å². The van der Waals surface area contributed by atoms with E-state index in [0.29, 0.717) is 29.7 Å². The summed E-state index contributed by atoms with van der Waals surface area (Å²) < 4.78 is 91.7. The van der Waals surface area contributed by atoms with Crippen LogP contribution in [0.25, 0.3) is 23.1 Å². The summed E-state index contributed by atoms with van der Waals surface area (Å²) in [4.78, 5) is 17.9. The minimum atomic E-state index is -4.25. The minimum Gasteiger partial charge on any atom is -0.416 e. The SMILES string of the molecule is C/C=C(\C(F)=C/c1coc(=O)n1Cc1ccc(-c2nnc(C(F)F)o2)cn1)c1cnn(C2CCN(CC(F)(F)F)CC2)c1. The lowest BCUT2D eigenvalue weighted by Crippen LogP contribution is -2.40. The van der Waals surface area contributed by atoms with E-state index in [0.717, 1.165) is 16.9 Å². The highest BCUT2D eigenvalue weighted by Crippen LogP contribution is 2.30. The number of oxazole rings is 1. The molecule has 0 aromatic carbocycles. The van der Waals surface area contributed by atoms with Gasteiger partial charge in [0.1, 0.15) is 12.1 Å². The van der Waals surface area contributed by atoms with Crippen LogP contribution in [0.5, 0.6) is 0 Å². The third-order valence-electron chi connectivity index (χ3n) is 6.90. The Balaban J connectivity index is 1.27. The number of hydrogen-bond donors (Lipinski definition) is 0. The number of rotatable bonds is 9. The number of nitrogens with zero attached hydrogens (tertiary/aromatic N) is 7. The molecule has 0 unspecified atom stereocenters. The largest absolute Gasteiger partial charge is 0.419 e. The van der Waals surface area contributed by atoms with E-state index in [1.165, 1.54) is 29.4 Å². The number of pyridine rings is 1. The van der Waals surface area contributed by atoms with E-state index < -0.39 is 36.6 Å². The van der Waals surface area contributed by atoms with Crippen molar-refractivity contribution in [3.8, 4) is 11.5 Å². The molecule has 5 rings (SSSR count). The van der Waals surface area contributed by atoms with E-state index >= 15 is 4.39 Å². The van der Waals surface area contributed by atoms with Gasteiger partial charge in [0.2, 0.25) is 5.89 Å². The number of allylic oxidation sites excluding steroid dienone is 3. The van der Waals surface area contributed by atoms with Crippen LogP contribution in [-0.2, 0) is 6.54 Å². The highest BCUT2D eigenvalue weighted by atomic mass is 19.4. The van der Waals surface area contributed by atoms with Crippen LogP contribution in [0.15, 0.2) is 62.5 Å². The molecule has 1 aliphatic heterocycles. The maximum absolute atomic E-state index is 15.5. The zero-order chi connectivity index (χ0) is 30.7. The molecule has 43 heavy (non-hydrogen) atoms. The fourth-order valence-electron chi connectivity index (χ4n) is 4.78. The number of halogens is 6. The first kappa shape index (κ1) is 30.0. The number of aromatic nitrogens is 6. The van der Waals surface area contributed by atoms with Gasteiger partial charge in [0, 0.05) is 42.7 Å². The van der Waals surface area contributed by atoms with Crippen molar-refractivity contribution in [3.05, 3.63) is 82.3 Å². The maximum atomic E-state index is 15.5. The van der Waals surface area contributed by atoms with E-state index in [-0.39, 0.29) is 42.8 Å². The molecule has 1 aliphatic rings. The van der Waals surface area contributed by atoms with Gasteiger partial charge < -0.3 is 8.83 Å². The lowest BCUT2D eigenvalue weighted by Gasteiger charge is -2.32. The Morgan fingerprint density at radius 1 is 1.16 bits per heavy atom. The van der Waals surface area contributed by atoms with E-state index in [1.807, 2.05) is 0 Å². The number of piperidine rings is 1. The summed E-state index contributed by atoms with van der Waals surface area (Å²) in [6.45, 7) is 1.15. The van der Waals surface area contributed by atoms with Crippen LogP contribution in [0, 0.1) is 0 Å². The molecule has 1 saturated heterocycles. The first-order chi connectivity index (χ1) is 20.5. The second-order valence-corrected chi connectivity index (χ2v) is 9.82. The lowest BCUT2D eigenvalue weighted by atomic mass is 10.0. The lowest BCUT2D eigenvalue weighted by molar-refractivity contribution is -0.148. The molecule has 1 fully saturated rings. The maximum Gasteiger partial charge on any atom is 0.419 e. The Bertz CT molecular complexity index is 1660. The van der Waals surface area contributed by atoms with E-state index in [1.54, 1.807) is 23.9 Å². The summed E-state index contributed by atoms with van der Waals surface area (Å²) in [6.07, 6.45) is 2.00. The normalized spacial score (nSPS) is 16.0. The van der Waals surface area contributed by atoms with Crippen molar-refractivity contribution in [2.45, 2.75) is 45.0 Å². The van der Waals surface area contributed by atoms with Crippen LogP contribution in [0.1, 0.15) is 55.1 Å². The molecule has 0 aliphatic carbocycles. The number of alkyl halides is 5. The predicted molar refractivity (Wildman–Crippen MR) is 140 cm³/mol. The van der Waals surface area contributed by atoms with Gasteiger partial charge in [0.25, 0.3) is 5.89 Å². The third kappa shape index (κ3) is 7.13. The fraction of sp³-hybridized carbons (Fsp3) is 0.370. The van der Waals surface area contributed by atoms with Gasteiger partial charge in [-0.1, -0.05) is 6.08 Å². The highest BCUT2D eigenvalue weighted by Gasteiger charge is 2.33. The molecule has 0 bridgehead atoms. The molecule has 4 aromatic rings. The molecule has 0 amide bonds. The van der Waals surface area contributed by atoms with Crippen LogP contribution in [0.4, 0.5) is 26.3 Å². The molecule has 0 spiro atoms. The summed E-state index contributed by atoms with van der Waals surface area (Å²) in [6, 6.07) is 2.90. The molecule has 0 radical (unpaired) electrons. The highest BCUT2D eigenvalue weighted by molar-refractivity contribution is 5.81. The molecular weight excluding hydrogens is 584 g/mol. The topological polar surface area (TPSA) is 108 Å². The Morgan fingerprint density at radius 3 is 2.56 bits per heavy atom. The summed E-state index contributed by atoms with van der Waals surface area (Å²) in [5.74, 6) is -2.39. The molecular formula is C27H25F6N7O3. The Labute approximate surface area is 239 Å². The molecule has 16 heteroatoms. The Kier molecular flexibility index (Phi) is 8.66. The molecule has 0 atom stereocenters. The second kappa shape index (κ2) is 12.4. The zero-order valence-electron chi connectivity index (χ0n) is 22.6. The summed E-state index contributed by atoms with van der Waals surface area (Å²) in [7, 11) is 0. The van der Waals surface area contributed by atoms with Gasteiger partial charge in [-0.15, -0.1) is 10.2 Å².